The maximum Gasteiger partial charge on any atom is 0.208 e. The zero-order valence-corrected chi connectivity index (χ0v) is 15.2. The molecule has 3 atom stereocenters. The Kier molecular flexibility index (Phi) is 2.86. The summed E-state index contributed by atoms with van der Waals surface area (Å²) in [4.78, 5) is 6.66. The van der Waals surface area contributed by atoms with Crippen molar-refractivity contribution in [3.8, 4) is 6.19 Å². The van der Waals surface area contributed by atoms with Crippen molar-refractivity contribution in [3.63, 3.8) is 0 Å². The van der Waals surface area contributed by atoms with Gasteiger partial charge in [-0.2, -0.15) is 10.4 Å². The quantitative estimate of drug-likeness (QED) is 0.872. The minimum Gasteiger partial charge on any atom is -0.314 e. The Balaban J connectivity index is 1.49. The highest BCUT2D eigenvalue weighted by atomic mass is 15.6. The Morgan fingerprint density at radius 3 is 2.96 bits per heavy atom. The van der Waals surface area contributed by atoms with E-state index in [9.17, 15) is 5.26 Å². The predicted octanol–water partition coefficient (Wildman–Crippen LogP) is 1.70. The van der Waals surface area contributed by atoms with E-state index in [4.69, 9.17) is 5.10 Å². The van der Waals surface area contributed by atoms with Gasteiger partial charge in [0.15, 0.2) is 11.5 Å². The fourth-order valence-electron chi connectivity index (χ4n) is 5.14. The number of nitriles is 1. The van der Waals surface area contributed by atoms with Gasteiger partial charge in [-0.3, -0.25) is 10.3 Å². The molecule has 4 aliphatic rings. The number of nitrogens with one attached hydrogen (secondary N) is 1. The third-order valence-corrected chi connectivity index (χ3v) is 6.79. The number of hydrogen-bond acceptors (Lipinski definition) is 7. The van der Waals surface area contributed by atoms with Gasteiger partial charge in [-0.15, -0.1) is 9.78 Å². The highest BCUT2D eigenvalue weighted by Gasteiger charge is 2.51. The van der Waals surface area contributed by atoms with Gasteiger partial charge in [0.05, 0.1) is 18.2 Å². The summed E-state index contributed by atoms with van der Waals surface area (Å²) in [5.74, 6) is 2.29. The monoisotopic (exact) mass is 363 g/mol. The number of imidazole rings is 1. The summed E-state index contributed by atoms with van der Waals surface area (Å²) in [6.07, 6.45) is 13.1. The van der Waals surface area contributed by atoms with Crippen molar-refractivity contribution in [2.24, 2.45) is 11.0 Å². The predicted molar refractivity (Wildman–Crippen MR) is 96.8 cm³/mol. The molecule has 3 unspecified atom stereocenters. The van der Waals surface area contributed by atoms with Gasteiger partial charge >= 0.3 is 0 Å². The van der Waals surface area contributed by atoms with Crippen molar-refractivity contribution in [1.29, 1.82) is 5.26 Å². The van der Waals surface area contributed by atoms with Crippen molar-refractivity contribution >= 4 is 11.7 Å². The molecule has 2 aliphatic heterocycles. The van der Waals surface area contributed by atoms with Gasteiger partial charge < -0.3 is 4.57 Å². The lowest BCUT2D eigenvalue weighted by atomic mass is 9.80. The zero-order chi connectivity index (χ0) is 18.2. The standard InChI is InChI=1S/C18H21N9/c1-18(6-7-18)15-14(21-24-26(15)9-19)17-23-22-16-11-4-2-3-5-12(11)25-10-20-8-13(25)27(16)17/h8,10-12,16,22H,2-7H2,1H3. The van der Waals surface area contributed by atoms with E-state index in [1.807, 2.05) is 12.5 Å². The van der Waals surface area contributed by atoms with Crippen LogP contribution in [0.15, 0.2) is 17.6 Å². The van der Waals surface area contributed by atoms with Crippen LogP contribution in [0.25, 0.3) is 0 Å². The molecule has 9 nitrogen and oxygen atoms in total. The van der Waals surface area contributed by atoms with Crippen molar-refractivity contribution in [3.05, 3.63) is 23.9 Å². The van der Waals surface area contributed by atoms with Gasteiger partial charge in [-0.25, -0.2) is 4.98 Å². The maximum absolute atomic E-state index is 9.50. The molecule has 0 bridgehead atoms. The minimum atomic E-state index is -0.0431. The zero-order valence-electron chi connectivity index (χ0n) is 15.2. The average molecular weight is 363 g/mol. The number of amidine groups is 1. The van der Waals surface area contributed by atoms with Crippen LogP contribution in [-0.2, 0) is 5.41 Å². The van der Waals surface area contributed by atoms with Crippen molar-refractivity contribution in [2.45, 2.75) is 63.1 Å². The van der Waals surface area contributed by atoms with Crippen molar-refractivity contribution in [1.82, 2.24) is 30.0 Å². The molecule has 6 rings (SSSR count). The lowest BCUT2D eigenvalue weighted by Crippen LogP contribution is -2.54. The van der Waals surface area contributed by atoms with Gasteiger partial charge in [0.25, 0.3) is 0 Å². The Hall–Kier alpha value is -2.89. The van der Waals surface area contributed by atoms with Crippen LogP contribution in [0.5, 0.6) is 0 Å². The Morgan fingerprint density at radius 1 is 1.30 bits per heavy atom. The van der Waals surface area contributed by atoms with Gasteiger partial charge in [-0.1, -0.05) is 25.0 Å². The first-order valence-electron chi connectivity index (χ1n) is 9.72. The Bertz CT molecular complexity index is 989. The molecule has 2 saturated carbocycles. The van der Waals surface area contributed by atoms with Crippen molar-refractivity contribution in [2.75, 3.05) is 4.90 Å². The average Bonchev–Trinajstić information content (AvgIpc) is 3.14. The summed E-state index contributed by atoms with van der Waals surface area (Å²) in [6.45, 7) is 2.17. The van der Waals surface area contributed by atoms with Crippen LogP contribution in [0.4, 0.5) is 5.82 Å². The summed E-state index contributed by atoms with van der Waals surface area (Å²) in [7, 11) is 0. The third-order valence-electron chi connectivity index (χ3n) is 6.79. The van der Waals surface area contributed by atoms with Crippen LogP contribution in [0.1, 0.15) is 62.9 Å². The topological polar surface area (TPSA) is 99.9 Å². The molecule has 4 heterocycles. The van der Waals surface area contributed by atoms with Gasteiger partial charge in [0.2, 0.25) is 6.19 Å². The molecule has 27 heavy (non-hydrogen) atoms. The fourth-order valence-corrected chi connectivity index (χ4v) is 5.14. The Morgan fingerprint density at radius 2 is 2.15 bits per heavy atom. The molecular formula is C18H21N9. The van der Waals surface area contributed by atoms with Gasteiger partial charge in [0.1, 0.15) is 12.0 Å². The number of hydrogen-bond donors (Lipinski definition) is 1. The van der Waals surface area contributed by atoms with E-state index in [0.29, 0.717) is 17.7 Å². The second-order valence-electron chi connectivity index (χ2n) is 8.41. The number of rotatable bonds is 2. The Labute approximate surface area is 156 Å². The van der Waals surface area contributed by atoms with Crippen LogP contribution in [-0.4, -0.2) is 36.5 Å². The van der Waals surface area contributed by atoms with E-state index in [-0.39, 0.29) is 11.6 Å². The lowest BCUT2D eigenvalue weighted by molar-refractivity contribution is 0.176. The summed E-state index contributed by atoms with van der Waals surface area (Å²) in [6, 6.07) is 0.467. The first kappa shape index (κ1) is 15.2. The summed E-state index contributed by atoms with van der Waals surface area (Å²) in [5.41, 5.74) is 4.93. The molecule has 138 valence electrons. The maximum atomic E-state index is 9.50. The smallest absolute Gasteiger partial charge is 0.208 e. The van der Waals surface area contributed by atoms with Crippen LogP contribution in [0, 0.1) is 17.4 Å². The highest BCUT2D eigenvalue weighted by Crippen LogP contribution is 2.50. The second kappa shape index (κ2) is 5.09. The van der Waals surface area contributed by atoms with Crippen molar-refractivity contribution < 1.29 is 0 Å². The van der Waals surface area contributed by atoms with E-state index in [2.05, 4.69) is 43.3 Å². The molecule has 0 aromatic carbocycles. The molecular weight excluding hydrogens is 342 g/mol. The van der Waals surface area contributed by atoms with Gasteiger partial charge in [0, 0.05) is 17.4 Å². The largest absolute Gasteiger partial charge is 0.314 e. The van der Waals surface area contributed by atoms with Crippen LogP contribution in [0.3, 0.4) is 0 Å². The molecule has 2 aliphatic carbocycles. The van der Waals surface area contributed by atoms with E-state index >= 15 is 0 Å². The normalized spacial score (nSPS) is 29.9. The molecule has 0 saturated heterocycles. The SMILES string of the molecule is CC1(c2c(C3=NNC4C5CCCCC5n5cncc5N34)nnn2C#N)CC1. The van der Waals surface area contributed by atoms with E-state index < -0.39 is 0 Å². The molecule has 0 radical (unpaired) electrons. The van der Waals surface area contributed by atoms with Crippen LogP contribution in [0.2, 0.25) is 0 Å². The summed E-state index contributed by atoms with van der Waals surface area (Å²) < 4.78 is 3.67. The molecule has 0 spiro atoms. The molecule has 2 aromatic rings. The van der Waals surface area contributed by atoms with Gasteiger partial charge in [-0.05, 0) is 25.7 Å². The summed E-state index contributed by atoms with van der Waals surface area (Å²) >= 11 is 0. The third kappa shape index (κ3) is 1.93. The molecule has 2 fully saturated rings. The summed E-state index contributed by atoms with van der Waals surface area (Å²) in [5, 5.41) is 22.7. The second-order valence-corrected chi connectivity index (χ2v) is 8.41. The molecule has 0 amide bonds. The molecule has 2 aromatic heterocycles. The highest BCUT2D eigenvalue weighted by molar-refractivity contribution is 6.10. The molecule has 9 heteroatoms. The number of anilines is 1. The first-order valence-corrected chi connectivity index (χ1v) is 9.72. The number of fused-ring (bicyclic) bond motifs is 6. The minimum absolute atomic E-state index is 0.0431. The first-order chi connectivity index (χ1) is 13.2. The number of nitrogens with zero attached hydrogens (tertiary/aromatic N) is 8. The van der Waals surface area contributed by atoms with Crippen LogP contribution >= 0.6 is 0 Å². The van der Waals surface area contributed by atoms with E-state index in [1.54, 1.807) is 0 Å². The van der Waals surface area contributed by atoms with E-state index in [0.717, 1.165) is 30.2 Å². The van der Waals surface area contributed by atoms with E-state index in [1.165, 1.54) is 30.4 Å². The van der Waals surface area contributed by atoms with Crippen LogP contribution < -0.4 is 10.3 Å². The number of aromatic nitrogens is 5. The fraction of sp³-hybridized carbons (Fsp3) is 0.611. The number of hydrazone groups is 1. The lowest BCUT2D eigenvalue weighted by Gasteiger charge is -2.45. The molecule has 1 N–H and O–H groups in total.